The Kier molecular flexibility index (Phi) is 2.96. The summed E-state index contributed by atoms with van der Waals surface area (Å²) >= 11 is 0. The number of rotatable bonds is 3. The van der Waals surface area contributed by atoms with Crippen molar-refractivity contribution in [3.63, 3.8) is 0 Å². The van der Waals surface area contributed by atoms with Crippen LogP contribution in [-0.2, 0) is 19.1 Å². The van der Waals surface area contributed by atoms with Gasteiger partial charge >= 0.3 is 0 Å². The van der Waals surface area contributed by atoms with Gasteiger partial charge in [0.15, 0.2) is 6.23 Å². The normalized spacial score (nSPS) is 28.8. The number of carbonyl (C=O) groups excluding carboxylic acids is 1. The molecule has 1 aliphatic heterocycles. The summed E-state index contributed by atoms with van der Waals surface area (Å²) in [5, 5.41) is 0. The van der Waals surface area contributed by atoms with Gasteiger partial charge in [0, 0.05) is 12.0 Å². The SMILES string of the molecule is CS(=O)(=O)OC1N(C=O)CC12CCCCC2. The third-order valence-electron chi connectivity index (χ3n) is 3.57. The highest BCUT2D eigenvalue weighted by Crippen LogP contribution is 2.49. The summed E-state index contributed by atoms with van der Waals surface area (Å²) in [6.07, 6.45) is 6.43. The van der Waals surface area contributed by atoms with Crippen LogP contribution in [0.15, 0.2) is 0 Å². The minimum absolute atomic E-state index is 0.109. The number of carbonyl (C=O) groups is 1. The van der Waals surface area contributed by atoms with Crippen molar-refractivity contribution < 1.29 is 17.4 Å². The van der Waals surface area contributed by atoms with Gasteiger partial charge in [-0.05, 0) is 12.8 Å². The molecule has 0 aromatic heterocycles. The van der Waals surface area contributed by atoms with Crippen molar-refractivity contribution in [2.75, 3.05) is 12.8 Å². The lowest BCUT2D eigenvalue weighted by atomic mass is 9.67. The van der Waals surface area contributed by atoms with Gasteiger partial charge in [0.2, 0.25) is 6.41 Å². The molecule has 5 nitrogen and oxygen atoms in total. The molecule has 1 spiro atoms. The Bertz CT molecular complexity index is 372. The lowest BCUT2D eigenvalue weighted by Crippen LogP contribution is -2.65. The van der Waals surface area contributed by atoms with Crippen LogP contribution in [0.2, 0.25) is 0 Å². The molecule has 1 aliphatic carbocycles. The largest absolute Gasteiger partial charge is 0.317 e. The molecular weight excluding hydrogens is 230 g/mol. The zero-order valence-corrected chi connectivity index (χ0v) is 10.2. The molecule has 2 rings (SSSR count). The Morgan fingerprint density at radius 1 is 1.31 bits per heavy atom. The summed E-state index contributed by atoms with van der Waals surface area (Å²) in [5.41, 5.74) is -0.109. The fourth-order valence-corrected chi connectivity index (χ4v) is 3.49. The summed E-state index contributed by atoms with van der Waals surface area (Å²) in [4.78, 5) is 12.2. The van der Waals surface area contributed by atoms with Crippen molar-refractivity contribution in [2.24, 2.45) is 5.41 Å². The first-order valence-corrected chi connectivity index (χ1v) is 7.38. The van der Waals surface area contributed by atoms with E-state index in [1.807, 2.05) is 0 Å². The van der Waals surface area contributed by atoms with E-state index in [9.17, 15) is 13.2 Å². The zero-order valence-electron chi connectivity index (χ0n) is 9.39. The van der Waals surface area contributed by atoms with Crippen LogP contribution in [0.4, 0.5) is 0 Å². The highest BCUT2D eigenvalue weighted by molar-refractivity contribution is 7.86. The van der Waals surface area contributed by atoms with Crippen LogP contribution >= 0.6 is 0 Å². The Labute approximate surface area is 95.9 Å². The van der Waals surface area contributed by atoms with Crippen LogP contribution in [0.3, 0.4) is 0 Å². The van der Waals surface area contributed by atoms with E-state index in [4.69, 9.17) is 4.18 Å². The fraction of sp³-hybridized carbons (Fsp3) is 0.900. The van der Waals surface area contributed by atoms with Crippen molar-refractivity contribution in [1.29, 1.82) is 0 Å². The van der Waals surface area contributed by atoms with Crippen LogP contribution in [0.1, 0.15) is 32.1 Å². The van der Waals surface area contributed by atoms with Crippen molar-refractivity contribution in [1.82, 2.24) is 4.90 Å². The average molecular weight is 247 g/mol. The molecule has 1 saturated carbocycles. The molecule has 1 heterocycles. The standard InChI is InChI=1S/C10H17NO4S/c1-16(13,14)15-9-10(7-11(9)8-12)5-3-2-4-6-10/h8-9H,2-7H2,1H3. The summed E-state index contributed by atoms with van der Waals surface area (Å²) in [6.45, 7) is 0.636. The highest BCUT2D eigenvalue weighted by atomic mass is 32.2. The molecule has 1 unspecified atom stereocenters. The lowest BCUT2D eigenvalue weighted by Gasteiger charge is -2.56. The lowest BCUT2D eigenvalue weighted by molar-refractivity contribution is -0.188. The predicted octanol–water partition coefficient (Wildman–Crippen LogP) is 0.711. The number of hydrogen-bond donors (Lipinski definition) is 0. The van der Waals surface area contributed by atoms with Gasteiger partial charge in [0.05, 0.1) is 6.26 Å². The third-order valence-corrected chi connectivity index (χ3v) is 4.11. The van der Waals surface area contributed by atoms with Crippen LogP contribution in [0.5, 0.6) is 0 Å². The topological polar surface area (TPSA) is 63.7 Å². The molecule has 0 N–H and O–H groups in total. The second-order valence-corrected chi connectivity index (χ2v) is 6.45. The van der Waals surface area contributed by atoms with E-state index in [2.05, 4.69) is 0 Å². The maximum atomic E-state index is 11.2. The zero-order chi connectivity index (χ0) is 11.8. The molecule has 0 radical (unpaired) electrons. The summed E-state index contributed by atoms with van der Waals surface area (Å²) < 4.78 is 27.4. The fourth-order valence-electron chi connectivity index (χ4n) is 2.84. The van der Waals surface area contributed by atoms with Gasteiger partial charge in [-0.25, -0.2) is 4.18 Å². The Morgan fingerprint density at radius 2 is 1.94 bits per heavy atom. The van der Waals surface area contributed by atoms with Crippen LogP contribution in [0.25, 0.3) is 0 Å². The van der Waals surface area contributed by atoms with Gasteiger partial charge in [-0.3, -0.25) is 4.79 Å². The van der Waals surface area contributed by atoms with E-state index in [-0.39, 0.29) is 5.41 Å². The summed E-state index contributed by atoms with van der Waals surface area (Å²) in [6, 6.07) is 0. The van der Waals surface area contributed by atoms with Crippen LogP contribution in [0, 0.1) is 5.41 Å². The van der Waals surface area contributed by atoms with Gasteiger partial charge in [-0.15, -0.1) is 0 Å². The molecule has 6 heteroatoms. The number of nitrogens with zero attached hydrogens (tertiary/aromatic N) is 1. The number of hydrogen-bond acceptors (Lipinski definition) is 4. The number of likely N-dealkylation sites (tertiary alicyclic amines) is 1. The molecule has 0 bridgehead atoms. The first kappa shape index (κ1) is 11.9. The molecule has 0 aromatic carbocycles. The molecule has 92 valence electrons. The Hall–Kier alpha value is -0.620. The van der Waals surface area contributed by atoms with E-state index in [0.717, 1.165) is 31.9 Å². The Balaban J connectivity index is 2.12. The average Bonchev–Trinajstić information content (AvgIpc) is 2.23. The monoisotopic (exact) mass is 247 g/mol. The Morgan fingerprint density at radius 3 is 2.44 bits per heavy atom. The minimum Gasteiger partial charge on any atom is -0.317 e. The molecule has 16 heavy (non-hydrogen) atoms. The molecule has 2 aliphatic rings. The van der Waals surface area contributed by atoms with Crippen LogP contribution in [-0.4, -0.2) is 38.8 Å². The van der Waals surface area contributed by atoms with Gasteiger partial charge in [0.25, 0.3) is 10.1 Å². The van der Waals surface area contributed by atoms with E-state index in [0.29, 0.717) is 13.0 Å². The summed E-state index contributed by atoms with van der Waals surface area (Å²) in [5.74, 6) is 0. The van der Waals surface area contributed by atoms with Gasteiger partial charge in [-0.2, -0.15) is 8.42 Å². The molecule has 1 atom stereocenters. The third kappa shape index (κ3) is 2.08. The van der Waals surface area contributed by atoms with Crippen molar-refractivity contribution in [3.8, 4) is 0 Å². The molecule has 0 aromatic rings. The maximum Gasteiger partial charge on any atom is 0.266 e. The van der Waals surface area contributed by atoms with Crippen molar-refractivity contribution in [2.45, 2.75) is 38.3 Å². The molecule has 2 fully saturated rings. The van der Waals surface area contributed by atoms with Crippen LogP contribution < -0.4 is 0 Å². The highest BCUT2D eigenvalue weighted by Gasteiger charge is 2.54. The van der Waals surface area contributed by atoms with Gasteiger partial charge < -0.3 is 4.90 Å². The second-order valence-electron chi connectivity index (χ2n) is 4.85. The van der Waals surface area contributed by atoms with Gasteiger partial charge in [0.1, 0.15) is 0 Å². The second kappa shape index (κ2) is 4.00. The van der Waals surface area contributed by atoms with E-state index >= 15 is 0 Å². The first-order valence-electron chi connectivity index (χ1n) is 5.56. The summed E-state index contributed by atoms with van der Waals surface area (Å²) in [7, 11) is -3.50. The molecule has 1 amide bonds. The quantitative estimate of drug-likeness (QED) is 0.544. The van der Waals surface area contributed by atoms with Crippen molar-refractivity contribution in [3.05, 3.63) is 0 Å². The molecular formula is C10H17NO4S. The molecule has 1 saturated heterocycles. The van der Waals surface area contributed by atoms with E-state index in [1.165, 1.54) is 11.3 Å². The maximum absolute atomic E-state index is 11.2. The first-order chi connectivity index (χ1) is 7.47. The van der Waals surface area contributed by atoms with E-state index in [1.54, 1.807) is 0 Å². The van der Waals surface area contributed by atoms with E-state index < -0.39 is 16.3 Å². The smallest absolute Gasteiger partial charge is 0.266 e. The number of amides is 1. The predicted molar refractivity (Wildman–Crippen MR) is 58.0 cm³/mol. The van der Waals surface area contributed by atoms with Gasteiger partial charge in [-0.1, -0.05) is 19.3 Å². The van der Waals surface area contributed by atoms with Crippen molar-refractivity contribution >= 4 is 16.5 Å². The minimum atomic E-state index is -3.50.